The van der Waals surface area contributed by atoms with E-state index in [9.17, 15) is 5.11 Å². The van der Waals surface area contributed by atoms with Crippen molar-refractivity contribution in [2.45, 2.75) is 65.0 Å². The number of thiazole rings is 1. The minimum atomic E-state index is -0.295. The van der Waals surface area contributed by atoms with Gasteiger partial charge in [-0.15, -0.1) is 11.3 Å². The van der Waals surface area contributed by atoms with Crippen LogP contribution in [0.2, 0.25) is 0 Å². The van der Waals surface area contributed by atoms with Crippen LogP contribution in [-0.4, -0.2) is 38.7 Å². The van der Waals surface area contributed by atoms with Crippen LogP contribution in [-0.2, 0) is 0 Å². The molecule has 2 aliphatic carbocycles. The number of aromatic nitrogens is 3. The lowest BCUT2D eigenvalue weighted by Crippen LogP contribution is -2.40. The third-order valence-corrected chi connectivity index (χ3v) is 8.26. The van der Waals surface area contributed by atoms with Crippen LogP contribution in [0.4, 0.5) is 11.8 Å². The van der Waals surface area contributed by atoms with Gasteiger partial charge in [-0.3, -0.25) is 0 Å². The van der Waals surface area contributed by atoms with Crippen LogP contribution in [0.25, 0.3) is 20.8 Å². The number of hydrogen-bond donors (Lipinski definition) is 3. The van der Waals surface area contributed by atoms with Crippen molar-refractivity contribution in [1.82, 2.24) is 15.0 Å². The standard InChI is InChI=1S/C24H31N5OS/c1-4-24(3)18(11-12-19(24)30)28-21-20(22-27-16-7-5-6-8-17(16)31-22)14(2)26-23(29-21)25-13-15-9-10-15/h5-8,15,18-19,30H,4,9-13H2,1-3H3,(H2,25,26,28,29). The average Bonchev–Trinajstić information content (AvgIpc) is 3.43. The van der Waals surface area contributed by atoms with Gasteiger partial charge in [0.05, 0.1) is 27.6 Å². The summed E-state index contributed by atoms with van der Waals surface area (Å²) in [5, 5.41) is 18.7. The molecule has 2 fully saturated rings. The van der Waals surface area contributed by atoms with Crippen molar-refractivity contribution < 1.29 is 5.11 Å². The van der Waals surface area contributed by atoms with Gasteiger partial charge in [0, 0.05) is 18.0 Å². The lowest BCUT2D eigenvalue weighted by atomic mass is 9.80. The third-order valence-electron chi connectivity index (χ3n) is 7.20. The third kappa shape index (κ3) is 3.89. The molecule has 6 nitrogen and oxygen atoms in total. The number of hydrogen-bond acceptors (Lipinski definition) is 7. The number of aliphatic hydroxyl groups excluding tert-OH is 1. The number of anilines is 2. The number of nitrogens with zero attached hydrogens (tertiary/aromatic N) is 3. The largest absolute Gasteiger partial charge is 0.392 e. The number of aliphatic hydroxyl groups is 1. The Kier molecular flexibility index (Phi) is 5.34. The van der Waals surface area contributed by atoms with E-state index >= 15 is 0 Å². The Hall–Kier alpha value is -2.25. The van der Waals surface area contributed by atoms with E-state index in [0.29, 0.717) is 5.95 Å². The molecular weight excluding hydrogens is 406 g/mol. The number of aryl methyl sites for hydroxylation is 1. The Morgan fingerprint density at radius 2 is 1.94 bits per heavy atom. The van der Waals surface area contributed by atoms with Crippen molar-refractivity contribution in [3.8, 4) is 10.6 Å². The zero-order chi connectivity index (χ0) is 21.6. The van der Waals surface area contributed by atoms with Gasteiger partial charge in [-0.1, -0.05) is 26.0 Å². The molecule has 164 valence electrons. The number of nitrogens with one attached hydrogen (secondary N) is 2. The molecule has 2 heterocycles. The number of benzene rings is 1. The molecule has 3 atom stereocenters. The van der Waals surface area contributed by atoms with E-state index in [-0.39, 0.29) is 17.6 Å². The van der Waals surface area contributed by atoms with Crippen molar-refractivity contribution in [2.75, 3.05) is 17.2 Å². The van der Waals surface area contributed by atoms with Gasteiger partial charge in [-0.2, -0.15) is 4.98 Å². The van der Waals surface area contributed by atoms with E-state index in [1.165, 1.54) is 12.8 Å². The Labute approximate surface area is 187 Å². The Bertz CT molecular complexity index is 1060. The van der Waals surface area contributed by atoms with E-state index in [2.05, 4.69) is 30.5 Å². The summed E-state index contributed by atoms with van der Waals surface area (Å²) in [5.74, 6) is 2.25. The number of rotatable bonds is 7. The van der Waals surface area contributed by atoms with E-state index in [0.717, 1.165) is 64.0 Å². The van der Waals surface area contributed by atoms with Gasteiger partial charge >= 0.3 is 0 Å². The van der Waals surface area contributed by atoms with Crippen molar-refractivity contribution in [2.24, 2.45) is 11.3 Å². The highest BCUT2D eigenvalue weighted by atomic mass is 32.1. The Morgan fingerprint density at radius 3 is 2.68 bits per heavy atom. The van der Waals surface area contributed by atoms with Crippen molar-refractivity contribution in [3.63, 3.8) is 0 Å². The average molecular weight is 438 g/mol. The molecule has 0 radical (unpaired) electrons. The second-order valence-electron chi connectivity index (χ2n) is 9.32. The van der Waals surface area contributed by atoms with Crippen molar-refractivity contribution in [3.05, 3.63) is 30.0 Å². The lowest BCUT2D eigenvalue weighted by molar-refractivity contribution is 0.0580. The fourth-order valence-electron chi connectivity index (χ4n) is 4.65. The van der Waals surface area contributed by atoms with Gasteiger partial charge in [0.15, 0.2) is 0 Å². The van der Waals surface area contributed by atoms with Crippen molar-refractivity contribution >= 4 is 33.3 Å². The predicted molar refractivity (Wildman–Crippen MR) is 128 cm³/mol. The summed E-state index contributed by atoms with van der Waals surface area (Å²) in [6.07, 6.45) is 4.94. The Balaban J connectivity index is 1.55. The monoisotopic (exact) mass is 437 g/mol. The van der Waals surface area contributed by atoms with E-state index < -0.39 is 0 Å². The Morgan fingerprint density at radius 1 is 1.13 bits per heavy atom. The van der Waals surface area contributed by atoms with Gasteiger partial charge in [0.1, 0.15) is 10.8 Å². The van der Waals surface area contributed by atoms with Crippen LogP contribution in [0.3, 0.4) is 0 Å². The number of fused-ring (bicyclic) bond motifs is 1. The normalized spacial score (nSPS) is 25.8. The molecule has 0 spiro atoms. The molecule has 3 aromatic rings. The maximum Gasteiger partial charge on any atom is 0.224 e. The zero-order valence-electron chi connectivity index (χ0n) is 18.5. The molecule has 2 saturated carbocycles. The molecule has 3 N–H and O–H groups in total. The van der Waals surface area contributed by atoms with Gasteiger partial charge < -0.3 is 15.7 Å². The maximum absolute atomic E-state index is 10.6. The van der Waals surface area contributed by atoms with Crippen LogP contribution >= 0.6 is 11.3 Å². The molecule has 0 amide bonds. The highest BCUT2D eigenvalue weighted by Crippen LogP contribution is 2.44. The fraction of sp³-hybridized carbons (Fsp3) is 0.542. The molecular formula is C24H31N5OS. The smallest absolute Gasteiger partial charge is 0.224 e. The van der Waals surface area contributed by atoms with E-state index in [1.54, 1.807) is 11.3 Å². The first kappa shape index (κ1) is 20.6. The molecule has 31 heavy (non-hydrogen) atoms. The molecule has 0 bridgehead atoms. The number of para-hydroxylation sites is 1. The van der Waals surface area contributed by atoms with Crippen molar-refractivity contribution in [1.29, 1.82) is 0 Å². The molecule has 3 unspecified atom stereocenters. The zero-order valence-corrected chi connectivity index (χ0v) is 19.3. The predicted octanol–water partition coefficient (Wildman–Crippen LogP) is 5.24. The molecule has 0 saturated heterocycles. The first-order valence-electron chi connectivity index (χ1n) is 11.4. The van der Waals surface area contributed by atoms with Gasteiger partial charge in [-0.25, -0.2) is 9.97 Å². The molecule has 2 aliphatic rings. The van der Waals surface area contributed by atoms with E-state index in [1.807, 2.05) is 25.1 Å². The van der Waals surface area contributed by atoms with Crippen LogP contribution in [0, 0.1) is 18.3 Å². The maximum atomic E-state index is 10.6. The van der Waals surface area contributed by atoms with Crippen LogP contribution < -0.4 is 10.6 Å². The quantitative estimate of drug-likeness (QED) is 0.469. The summed E-state index contributed by atoms with van der Waals surface area (Å²) in [6.45, 7) is 7.30. The first-order valence-corrected chi connectivity index (χ1v) is 12.2. The summed E-state index contributed by atoms with van der Waals surface area (Å²) < 4.78 is 1.16. The SMILES string of the molecule is CCC1(C)C(O)CCC1Nc1nc(NCC2CC2)nc(C)c1-c1nc2ccccc2s1. The highest BCUT2D eigenvalue weighted by molar-refractivity contribution is 7.21. The fourth-order valence-corrected chi connectivity index (χ4v) is 5.71. The molecule has 7 heteroatoms. The van der Waals surface area contributed by atoms with Gasteiger partial charge in [0.25, 0.3) is 0 Å². The lowest BCUT2D eigenvalue weighted by Gasteiger charge is -2.34. The second-order valence-corrected chi connectivity index (χ2v) is 10.3. The second kappa shape index (κ2) is 8.02. The summed E-state index contributed by atoms with van der Waals surface area (Å²) in [6, 6.07) is 8.38. The summed E-state index contributed by atoms with van der Waals surface area (Å²) in [7, 11) is 0. The first-order chi connectivity index (χ1) is 15.0. The summed E-state index contributed by atoms with van der Waals surface area (Å²) in [4.78, 5) is 14.6. The van der Waals surface area contributed by atoms with Gasteiger partial charge in [-0.05, 0) is 57.1 Å². The molecule has 0 aliphatic heterocycles. The molecule has 5 rings (SSSR count). The van der Waals surface area contributed by atoms with E-state index in [4.69, 9.17) is 15.0 Å². The van der Waals surface area contributed by atoms with Crippen LogP contribution in [0.5, 0.6) is 0 Å². The topological polar surface area (TPSA) is 83.0 Å². The summed E-state index contributed by atoms with van der Waals surface area (Å²) >= 11 is 1.68. The molecule has 1 aromatic carbocycles. The van der Waals surface area contributed by atoms with Gasteiger partial charge in [0.2, 0.25) is 5.95 Å². The minimum Gasteiger partial charge on any atom is -0.392 e. The summed E-state index contributed by atoms with van der Waals surface area (Å²) in [5.41, 5.74) is 2.72. The molecule has 2 aromatic heterocycles. The van der Waals surface area contributed by atoms with Crippen LogP contribution in [0.1, 0.15) is 51.6 Å². The highest BCUT2D eigenvalue weighted by Gasteiger charge is 2.45. The minimum absolute atomic E-state index is 0.159. The van der Waals surface area contributed by atoms with Crippen LogP contribution in [0.15, 0.2) is 24.3 Å².